The van der Waals surface area contributed by atoms with Gasteiger partial charge < -0.3 is 10.2 Å². The SMILES string of the molecule is CCCC(=O)N1CCC(C(=O)Nc2ccc(C)cc2Br)CC1. The predicted octanol–water partition coefficient (Wildman–Crippen LogP) is 3.73. The Hall–Kier alpha value is -1.36. The summed E-state index contributed by atoms with van der Waals surface area (Å²) in [5.74, 6) is 0.244. The van der Waals surface area contributed by atoms with E-state index >= 15 is 0 Å². The van der Waals surface area contributed by atoms with E-state index in [1.54, 1.807) is 0 Å². The van der Waals surface area contributed by atoms with E-state index in [2.05, 4.69) is 21.2 Å². The summed E-state index contributed by atoms with van der Waals surface area (Å²) in [4.78, 5) is 26.1. The maximum Gasteiger partial charge on any atom is 0.227 e. The minimum Gasteiger partial charge on any atom is -0.343 e. The van der Waals surface area contributed by atoms with E-state index in [0.717, 1.165) is 35.0 Å². The van der Waals surface area contributed by atoms with Crippen LogP contribution in [0, 0.1) is 12.8 Å². The molecule has 120 valence electrons. The van der Waals surface area contributed by atoms with Gasteiger partial charge in [0.2, 0.25) is 11.8 Å². The molecule has 1 N–H and O–H groups in total. The Balaban J connectivity index is 1.88. The number of benzene rings is 1. The van der Waals surface area contributed by atoms with Crippen LogP contribution in [0.4, 0.5) is 5.69 Å². The van der Waals surface area contributed by atoms with Crippen LogP contribution in [0.25, 0.3) is 0 Å². The van der Waals surface area contributed by atoms with E-state index in [4.69, 9.17) is 0 Å². The lowest BCUT2D eigenvalue weighted by atomic mass is 9.95. The molecule has 0 radical (unpaired) electrons. The second-order valence-corrected chi connectivity index (χ2v) is 6.73. The summed E-state index contributed by atoms with van der Waals surface area (Å²) in [7, 11) is 0. The second kappa shape index (κ2) is 7.77. The number of likely N-dealkylation sites (tertiary alicyclic amines) is 1. The highest BCUT2D eigenvalue weighted by Crippen LogP contribution is 2.26. The molecule has 1 fully saturated rings. The Morgan fingerprint density at radius 1 is 1.32 bits per heavy atom. The summed E-state index contributed by atoms with van der Waals surface area (Å²) < 4.78 is 0.899. The molecule has 22 heavy (non-hydrogen) atoms. The van der Waals surface area contributed by atoms with Gasteiger partial charge >= 0.3 is 0 Å². The van der Waals surface area contributed by atoms with E-state index in [0.29, 0.717) is 19.5 Å². The summed E-state index contributed by atoms with van der Waals surface area (Å²) in [6.07, 6.45) is 2.96. The molecule has 2 amide bonds. The molecule has 1 aromatic carbocycles. The molecule has 0 bridgehead atoms. The van der Waals surface area contributed by atoms with E-state index in [-0.39, 0.29) is 17.7 Å². The molecule has 0 spiro atoms. The van der Waals surface area contributed by atoms with Crippen LogP contribution in [0.15, 0.2) is 22.7 Å². The molecule has 2 rings (SSSR count). The number of piperidine rings is 1. The molecule has 0 aliphatic carbocycles. The van der Waals surface area contributed by atoms with Gasteiger partial charge in [-0.3, -0.25) is 9.59 Å². The van der Waals surface area contributed by atoms with Gasteiger partial charge in [-0.2, -0.15) is 0 Å². The number of amides is 2. The van der Waals surface area contributed by atoms with E-state index in [9.17, 15) is 9.59 Å². The normalized spacial score (nSPS) is 15.7. The van der Waals surface area contributed by atoms with Crippen molar-refractivity contribution in [2.24, 2.45) is 5.92 Å². The summed E-state index contributed by atoms with van der Waals surface area (Å²) in [6.45, 7) is 5.40. The third kappa shape index (κ3) is 4.32. The maximum absolute atomic E-state index is 12.4. The topological polar surface area (TPSA) is 49.4 Å². The summed E-state index contributed by atoms with van der Waals surface area (Å²) >= 11 is 3.48. The number of rotatable bonds is 4. The minimum atomic E-state index is -0.0149. The van der Waals surface area contributed by atoms with Crippen LogP contribution < -0.4 is 5.32 Å². The van der Waals surface area contributed by atoms with Crippen molar-refractivity contribution in [2.75, 3.05) is 18.4 Å². The first-order valence-corrected chi connectivity index (χ1v) is 8.65. The van der Waals surface area contributed by atoms with Gasteiger partial charge in [-0.05, 0) is 59.8 Å². The summed E-state index contributed by atoms with van der Waals surface area (Å²) in [5, 5.41) is 2.99. The van der Waals surface area contributed by atoms with Gasteiger partial charge in [0.15, 0.2) is 0 Å². The Morgan fingerprint density at radius 2 is 2.00 bits per heavy atom. The van der Waals surface area contributed by atoms with E-state index < -0.39 is 0 Å². The van der Waals surface area contributed by atoms with Crippen molar-refractivity contribution in [2.45, 2.75) is 39.5 Å². The third-order valence-electron chi connectivity index (χ3n) is 4.06. The molecule has 1 aromatic rings. The van der Waals surface area contributed by atoms with Crippen LogP contribution in [0.5, 0.6) is 0 Å². The number of nitrogens with zero attached hydrogens (tertiary/aromatic N) is 1. The lowest BCUT2D eigenvalue weighted by Gasteiger charge is -2.31. The fraction of sp³-hybridized carbons (Fsp3) is 0.529. The highest BCUT2D eigenvalue weighted by Gasteiger charge is 2.27. The van der Waals surface area contributed by atoms with Crippen molar-refractivity contribution < 1.29 is 9.59 Å². The fourth-order valence-corrected chi connectivity index (χ4v) is 3.31. The molecular formula is C17H23BrN2O2. The van der Waals surface area contributed by atoms with Crippen LogP contribution in [0.1, 0.15) is 38.2 Å². The van der Waals surface area contributed by atoms with Crippen LogP contribution in [0.3, 0.4) is 0 Å². The number of carbonyl (C=O) groups excluding carboxylic acids is 2. The molecule has 1 aliphatic heterocycles. The fourth-order valence-electron chi connectivity index (χ4n) is 2.72. The van der Waals surface area contributed by atoms with Crippen LogP contribution in [-0.4, -0.2) is 29.8 Å². The van der Waals surface area contributed by atoms with Crippen molar-refractivity contribution in [3.05, 3.63) is 28.2 Å². The maximum atomic E-state index is 12.4. The Bertz CT molecular complexity index is 552. The van der Waals surface area contributed by atoms with Gasteiger partial charge in [0, 0.05) is 29.9 Å². The lowest BCUT2D eigenvalue weighted by molar-refractivity contribution is -0.134. The van der Waals surface area contributed by atoms with E-state index in [1.165, 1.54) is 0 Å². The molecule has 0 saturated carbocycles. The Kier molecular flexibility index (Phi) is 6.00. The number of carbonyl (C=O) groups is 2. The number of hydrogen-bond donors (Lipinski definition) is 1. The number of nitrogens with one attached hydrogen (secondary N) is 1. The van der Waals surface area contributed by atoms with Crippen molar-refractivity contribution >= 4 is 33.4 Å². The van der Waals surface area contributed by atoms with Gasteiger partial charge in [0.1, 0.15) is 0 Å². The zero-order chi connectivity index (χ0) is 16.1. The first-order chi connectivity index (χ1) is 10.5. The van der Waals surface area contributed by atoms with Gasteiger partial charge in [0.05, 0.1) is 5.69 Å². The summed E-state index contributed by atoms with van der Waals surface area (Å²) in [5.41, 5.74) is 1.95. The average molecular weight is 367 g/mol. The smallest absolute Gasteiger partial charge is 0.227 e. The molecular weight excluding hydrogens is 344 g/mol. The molecule has 4 nitrogen and oxygen atoms in total. The van der Waals surface area contributed by atoms with Gasteiger partial charge in [-0.25, -0.2) is 0 Å². The first-order valence-electron chi connectivity index (χ1n) is 7.86. The number of anilines is 1. The van der Waals surface area contributed by atoms with Crippen molar-refractivity contribution in [3.8, 4) is 0 Å². The standard InChI is InChI=1S/C17H23BrN2O2/c1-3-4-16(21)20-9-7-13(8-10-20)17(22)19-15-6-5-12(2)11-14(15)18/h5-6,11,13H,3-4,7-10H2,1-2H3,(H,19,22). The molecule has 0 atom stereocenters. The highest BCUT2D eigenvalue weighted by atomic mass is 79.9. The zero-order valence-electron chi connectivity index (χ0n) is 13.2. The predicted molar refractivity (Wildman–Crippen MR) is 91.7 cm³/mol. The Labute approximate surface area is 140 Å². The Morgan fingerprint density at radius 3 is 2.59 bits per heavy atom. The number of aryl methyl sites for hydroxylation is 1. The first kappa shape index (κ1) is 17.0. The second-order valence-electron chi connectivity index (χ2n) is 5.88. The molecule has 1 saturated heterocycles. The van der Waals surface area contributed by atoms with Gasteiger partial charge in [0.25, 0.3) is 0 Å². The van der Waals surface area contributed by atoms with Crippen molar-refractivity contribution in [3.63, 3.8) is 0 Å². The quantitative estimate of drug-likeness (QED) is 0.882. The van der Waals surface area contributed by atoms with Gasteiger partial charge in [-0.1, -0.05) is 13.0 Å². The highest BCUT2D eigenvalue weighted by molar-refractivity contribution is 9.10. The summed E-state index contributed by atoms with van der Waals surface area (Å²) in [6, 6.07) is 5.88. The van der Waals surface area contributed by atoms with Crippen LogP contribution in [-0.2, 0) is 9.59 Å². The molecule has 0 unspecified atom stereocenters. The minimum absolute atomic E-state index is 0.0149. The monoisotopic (exact) mass is 366 g/mol. The average Bonchev–Trinajstić information content (AvgIpc) is 2.50. The van der Waals surface area contributed by atoms with Crippen LogP contribution >= 0.6 is 15.9 Å². The number of halogens is 1. The van der Waals surface area contributed by atoms with Crippen molar-refractivity contribution in [1.82, 2.24) is 4.90 Å². The largest absolute Gasteiger partial charge is 0.343 e. The van der Waals surface area contributed by atoms with E-state index in [1.807, 2.05) is 36.9 Å². The van der Waals surface area contributed by atoms with Crippen LogP contribution in [0.2, 0.25) is 0 Å². The molecule has 5 heteroatoms. The third-order valence-corrected chi connectivity index (χ3v) is 4.72. The molecule has 1 heterocycles. The zero-order valence-corrected chi connectivity index (χ0v) is 14.8. The molecule has 1 aliphatic rings. The number of hydrogen-bond acceptors (Lipinski definition) is 2. The van der Waals surface area contributed by atoms with Gasteiger partial charge in [-0.15, -0.1) is 0 Å². The molecule has 0 aromatic heterocycles. The van der Waals surface area contributed by atoms with Crippen molar-refractivity contribution in [1.29, 1.82) is 0 Å². The lowest BCUT2D eigenvalue weighted by Crippen LogP contribution is -2.41.